The number of carbonyl (C=O) groups is 1. The maximum Gasteiger partial charge on any atom is 0.410 e. The number of rotatable bonds is 7. The average Bonchev–Trinajstić information content (AvgIpc) is 3.43. The van der Waals surface area contributed by atoms with E-state index in [2.05, 4.69) is 4.90 Å². The van der Waals surface area contributed by atoms with Gasteiger partial charge in [-0.1, -0.05) is 6.92 Å². The fourth-order valence-corrected chi connectivity index (χ4v) is 5.13. The maximum absolute atomic E-state index is 13.3. The lowest BCUT2D eigenvalue weighted by Crippen LogP contribution is -2.57. The number of hydrogen-bond acceptors (Lipinski definition) is 9. The largest absolute Gasteiger partial charge is 0.444 e. The highest BCUT2D eigenvalue weighted by Crippen LogP contribution is 2.27. The number of allylic oxidation sites excluding steroid dienone is 1. The molecular weight excluding hydrogens is 545 g/mol. The third-order valence-corrected chi connectivity index (χ3v) is 7.44. The molecule has 1 aromatic carbocycles. The number of carbonyl (C=O) groups excluding carboxylic acids is 1. The van der Waals surface area contributed by atoms with Crippen molar-refractivity contribution in [3.05, 3.63) is 65.0 Å². The molecule has 0 aliphatic carbocycles. The zero-order valence-corrected chi connectivity index (χ0v) is 25.2. The lowest BCUT2D eigenvalue weighted by atomic mass is 10.1. The highest BCUT2D eigenvalue weighted by atomic mass is 32.1. The molecule has 0 unspecified atom stereocenters. The first-order chi connectivity index (χ1) is 19.5. The lowest BCUT2D eigenvalue weighted by molar-refractivity contribution is 0.00697. The van der Waals surface area contributed by atoms with Crippen LogP contribution in [0.4, 0.5) is 20.1 Å². The number of aryl methyl sites for hydroxylation is 1. The van der Waals surface area contributed by atoms with Gasteiger partial charge in [-0.3, -0.25) is 4.90 Å². The van der Waals surface area contributed by atoms with E-state index in [4.69, 9.17) is 19.8 Å². The predicted molar refractivity (Wildman–Crippen MR) is 159 cm³/mol. The molecule has 1 amide bonds. The zero-order chi connectivity index (χ0) is 29.7. The molecule has 1 N–H and O–H groups in total. The molecule has 10 nitrogen and oxygen atoms in total. The van der Waals surface area contributed by atoms with Gasteiger partial charge in [0.2, 0.25) is 0 Å². The van der Waals surface area contributed by atoms with Gasteiger partial charge in [0.15, 0.2) is 5.13 Å². The minimum Gasteiger partial charge on any atom is -0.444 e. The van der Waals surface area contributed by atoms with E-state index < -0.39 is 17.7 Å². The molecule has 0 saturated carbocycles. The number of benzene rings is 1. The highest BCUT2D eigenvalue weighted by Gasteiger charge is 2.33. The van der Waals surface area contributed by atoms with E-state index in [1.54, 1.807) is 21.7 Å². The Labute approximate surface area is 244 Å². The van der Waals surface area contributed by atoms with Crippen molar-refractivity contribution in [2.24, 2.45) is 12.0 Å². The van der Waals surface area contributed by atoms with E-state index in [-0.39, 0.29) is 12.4 Å². The predicted octanol–water partition coefficient (Wildman–Crippen LogP) is 4.39. The van der Waals surface area contributed by atoms with Crippen LogP contribution in [0.15, 0.2) is 58.7 Å². The molecule has 1 saturated heterocycles. The molecule has 3 heterocycles. The molecule has 1 aliphatic rings. The van der Waals surface area contributed by atoms with Crippen LogP contribution >= 0.6 is 11.3 Å². The maximum atomic E-state index is 13.3. The van der Waals surface area contributed by atoms with Crippen LogP contribution < -0.4 is 15.3 Å². The van der Waals surface area contributed by atoms with Crippen LogP contribution in [0.2, 0.25) is 0 Å². The zero-order valence-electron chi connectivity index (χ0n) is 24.4. The fourth-order valence-electron chi connectivity index (χ4n) is 4.36. The number of anilines is 2. The summed E-state index contributed by atoms with van der Waals surface area (Å²) in [5, 5.41) is 17.4. The number of hydrogen-bond donors (Lipinski definition) is 1. The summed E-state index contributed by atoms with van der Waals surface area (Å²) in [6, 6.07) is 9.73. The van der Waals surface area contributed by atoms with Crippen LogP contribution in [0, 0.1) is 5.82 Å². The minimum absolute atomic E-state index is 0.169. The third-order valence-electron chi connectivity index (χ3n) is 6.51. The van der Waals surface area contributed by atoms with Crippen molar-refractivity contribution in [2.45, 2.75) is 45.8 Å². The SMILES string of the molecule is CCC(=C\N(C)c1nc(-c2ccc(F)cc2)cs1)/N=c1/ccc(N2CCN(C(=O)OC(C)(C)C)[C@@H](CO)C2)nn1C. The summed E-state index contributed by atoms with van der Waals surface area (Å²) in [5.74, 6) is 0.466. The Hall–Kier alpha value is -3.77. The van der Waals surface area contributed by atoms with E-state index in [1.165, 1.54) is 23.5 Å². The Balaban J connectivity index is 1.47. The molecule has 220 valence electrons. The fraction of sp³-hybridized carbons (Fsp3) is 0.448. The van der Waals surface area contributed by atoms with Gasteiger partial charge in [0, 0.05) is 50.9 Å². The van der Waals surface area contributed by atoms with E-state index in [0.29, 0.717) is 31.5 Å². The normalized spacial score (nSPS) is 16.7. The summed E-state index contributed by atoms with van der Waals surface area (Å²) in [7, 11) is 3.77. The summed E-state index contributed by atoms with van der Waals surface area (Å²) < 4.78 is 20.5. The summed E-state index contributed by atoms with van der Waals surface area (Å²) in [5.41, 5.74) is 2.59. The van der Waals surface area contributed by atoms with Crippen LogP contribution in [-0.2, 0) is 11.8 Å². The van der Waals surface area contributed by atoms with E-state index in [0.717, 1.165) is 27.9 Å². The number of aliphatic hydroxyl groups is 1. The Kier molecular flexibility index (Phi) is 9.44. The summed E-state index contributed by atoms with van der Waals surface area (Å²) in [6.07, 6.45) is 2.23. The monoisotopic (exact) mass is 583 g/mol. The Morgan fingerprint density at radius 1 is 1.24 bits per heavy atom. The van der Waals surface area contributed by atoms with Crippen molar-refractivity contribution in [2.75, 3.05) is 43.1 Å². The molecule has 12 heteroatoms. The first kappa shape index (κ1) is 30.2. The van der Waals surface area contributed by atoms with Gasteiger partial charge in [-0.15, -0.1) is 11.3 Å². The first-order valence-corrected chi connectivity index (χ1v) is 14.4. The molecule has 3 aromatic rings. The summed E-state index contributed by atoms with van der Waals surface area (Å²) in [6.45, 7) is 8.78. The molecular formula is C29H38FN7O3S. The van der Waals surface area contributed by atoms with Gasteiger partial charge in [0.25, 0.3) is 0 Å². The highest BCUT2D eigenvalue weighted by molar-refractivity contribution is 7.14. The lowest BCUT2D eigenvalue weighted by Gasteiger charge is -2.41. The van der Waals surface area contributed by atoms with Crippen molar-refractivity contribution in [1.82, 2.24) is 19.7 Å². The number of piperazine rings is 1. The molecule has 1 aliphatic heterocycles. The average molecular weight is 584 g/mol. The molecule has 1 fully saturated rings. The topological polar surface area (TPSA) is 99.3 Å². The first-order valence-electron chi connectivity index (χ1n) is 13.6. The van der Waals surface area contributed by atoms with Crippen molar-refractivity contribution < 1.29 is 19.0 Å². The number of nitrogens with zero attached hydrogens (tertiary/aromatic N) is 7. The van der Waals surface area contributed by atoms with E-state index in [9.17, 15) is 14.3 Å². The number of amides is 1. The molecule has 4 rings (SSSR count). The second-order valence-corrected chi connectivity index (χ2v) is 11.7. The minimum atomic E-state index is -0.601. The Morgan fingerprint density at radius 2 is 1.98 bits per heavy atom. The number of halogens is 1. The molecule has 0 bridgehead atoms. The van der Waals surface area contributed by atoms with Gasteiger partial charge in [0.05, 0.1) is 24.0 Å². The molecule has 2 aromatic heterocycles. The van der Waals surface area contributed by atoms with Crippen LogP contribution in [0.25, 0.3) is 11.3 Å². The van der Waals surface area contributed by atoms with Gasteiger partial charge in [-0.05, 0) is 63.6 Å². The second kappa shape index (κ2) is 12.8. The van der Waals surface area contributed by atoms with E-state index >= 15 is 0 Å². The summed E-state index contributed by atoms with van der Waals surface area (Å²) in [4.78, 5) is 27.7. The van der Waals surface area contributed by atoms with Crippen LogP contribution in [-0.4, -0.2) is 75.8 Å². The van der Waals surface area contributed by atoms with Crippen molar-refractivity contribution in [3.8, 4) is 11.3 Å². The van der Waals surface area contributed by atoms with Crippen molar-refractivity contribution in [3.63, 3.8) is 0 Å². The standard InChI is InChI=1S/C29H38FN7O3S/c1-7-22(16-34(5)27-32-24(19-41-27)20-8-10-21(30)11-9-20)31-25-12-13-26(33-35(25)6)36-14-15-37(23(17-36)18-38)28(39)40-29(2,3)4/h8-13,16,19,23,38H,7,14-15,17-18H2,1-6H3/b22-16+,31-25-/t23-/m1/s1. The summed E-state index contributed by atoms with van der Waals surface area (Å²) >= 11 is 1.50. The van der Waals surface area contributed by atoms with Crippen molar-refractivity contribution >= 4 is 28.4 Å². The Bertz CT molecular complexity index is 1450. The molecule has 41 heavy (non-hydrogen) atoms. The quantitative estimate of drug-likeness (QED) is 0.441. The van der Waals surface area contributed by atoms with Crippen LogP contribution in [0.5, 0.6) is 0 Å². The number of aliphatic hydroxyl groups excluding tert-OH is 1. The molecule has 0 spiro atoms. The van der Waals surface area contributed by atoms with Crippen molar-refractivity contribution in [1.29, 1.82) is 0 Å². The second-order valence-electron chi connectivity index (χ2n) is 10.8. The van der Waals surface area contributed by atoms with Gasteiger partial charge < -0.3 is 19.6 Å². The number of thiazole rings is 1. The smallest absolute Gasteiger partial charge is 0.410 e. The van der Waals surface area contributed by atoms with Gasteiger partial charge >= 0.3 is 6.09 Å². The van der Waals surface area contributed by atoms with Crippen LogP contribution in [0.3, 0.4) is 0 Å². The van der Waals surface area contributed by atoms with Crippen LogP contribution in [0.1, 0.15) is 34.1 Å². The number of ether oxygens (including phenoxy) is 1. The molecule has 1 atom stereocenters. The molecule has 0 radical (unpaired) electrons. The van der Waals surface area contributed by atoms with E-state index in [1.807, 2.05) is 70.4 Å². The van der Waals surface area contributed by atoms with Gasteiger partial charge in [-0.2, -0.15) is 5.10 Å². The number of aromatic nitrogens is 3. The third kappa shape index (κ3) is 7.70. The Morgan fingerprint density at radius 3 is 2.61 bits per heavy atom. The van der Waals surface area contributed by atoms with Gasteiger partial charge in [0.1, 0.15) is 22.7 Å². The van der Waals surface area contributed by atoms with Gasteiger partial charge in [-0.25, -0.2) is 23.8 Å².